The summed E-state index contributed by atoms with van der Waals surface area (Å²) in [7, 11) is -2.24. The number of H-pyrrole nitrogens is 1. The lowest BCUT2D eigenvalue weighted by Gasteiger charge is -2.26. The zero-order valence-electron chi connectivity index (χ0n) is 16.9. The number of rotatable bonds is 5. The lowest BCUT2D eigenvalue weighted by molar-refractivity contribution is 1.22. The molecular weight excluding hydrogens is 415 g/mol. The van der Waals surface area contributed by atoms with Crippen molar-refractivity contribution in [3.8, 4) is 11.4 Å². The number of aromatic nitrogens is 2. The molecule has 0 bridgehead atoms. The summed E-state index contributed by atoms with van der Waals surface area (Å²) in [5.74, 6) is 0.841. The summed E-state index contributed by atoms with van der Waals surface area (Å²) in [5, 5.41) is 4.55. The number of benzene rings is 4. The second kappa shape index (κ2) is 8.55. The second-order valence-electron chi connectivity index (χ2n) is 7.30. The Labute approximate surface area is 188 Å². The van der Waals surface area contributed by atoms with Crippen molar-refractivity contribution >= 4 is 41.2 Å². The van der Waals surface area contributed by atoms with E-state index in [4.69, 9.17) is 17.6 Å². The van der Waals surface area contributed by atoms with Gasteiger partial charge in [0, 0.05) is 5.56 Å². The van der Waals surface area contributed by atoms with E-state index in [0.717, 1.165) is 21.8 Å². The van der Waals surface area contributed by atoms with Gasteiger partial charge in [0.2, 0.25) is 5.44 Å². The normalized spacial score (nSPS) is 11.4. The molecule has 31 heavy (non-hydrogen) atoms. The van der Waals surface area contributed by atoms with Crippen LogP contribution < -0.4 is 21.3 Å². The average molecular weight is 438 g/mol. The van der Waals surface area contributed by atoms with Crippen LogP contribution in [0.3, 0.4) is 0 Å². The number of nitrogens with zero attached hydrogens (tertiary/aromatic N) is 1. The largest absolute Gasteiger partial charge is 0.307 e. The van der Waals surface area contributed by atoms with Crippen LogP contribution in [0, 0.1) is 0 Å². The van der Waals surface area contributed by atoms with Crippen LogP contribution in [0.15, 0.2) is 126 Å². The van der Waals surface area contributed by atoms with Gasteiger partial charge >= 0.3 is 0 Å². The highest BCUT2D eigenvalue weighted by Gasteiger charge is 2.51. The maximum atomic E-state index is 4.90. The predicted octanol–water partition coefficient (Wildman–Crippen LogP) is 4.98. The molecule has 0 radical (unpaired) electrons. The zero-order chi connectivity index (χ0) is 21.1. The van der Waals surface area contributed by atoms with Crippen molar-refractivity contribution in [3.63, 3.8) is 0 Å². The summed E-state index contributed by atoms with van der Waals surface area (Å²) in [6.07, 6.45) is 0. The first-order valence-corrected chi connectivity index (χ1v) is 12.4. The van der Waals surface area contributed by atoms with Crippen LogP contribution >= 0.6 is 19.9 Å². The fourth-order valence-electron chi connectivity index (χ4n) is 4.11. The lowest BCUT2D eigenvalue weighted by atomic mass is 10.2. The van der Waals surface area contributed by atoms with Gasteiger partial charge in [0.1, 0.15) is 21.7 Å². The molecule has 4 heteroatoms. The number of nitrogens with one attached hydrogen (secondary N) is 1. The molecule has 0 unspecified atom stereocenters. The Balaban J connectivity index is 1.87. The third kappa shape index (κ3) is 3.50. The Morgan fingerprint density at radius 1 is 0.548 bits per heavy atom. The highest BCUT2D eigenvalue weighted by atomic mass is 32.1. The van der Waals surface area contributed by atoms with Crippen LogP contribution in [-0.4, -0.2) is 9.97 Å². The molecule has 0 aliphatic carbocycles. The van der Waals surface area contributed by atoms with Crippen molar-refractivity contribution in [2.75, 3.05) is 0 Å². The molecule has 0 saturated carbocycles. The van der Waals surface area contributed by atoms with E-state index in [1.807, 2.05) is 18.2 Å². The number of imidazole rings is 1. The number of hydrogen-bond donors (Lipinski definition) is 2. The van der Waals surface area contributed by atoms with Crippen molar-refractivity contribution in [1.29, 1.82) is 0 Å². The van der Waals surface area contributed by atoms with Crippen molar-refractivity contribution in [2.45, 2.75) is 5.03 Å². The molecule has 0 spiro atoms. The first-order valence-electron chi connectivity index (χ1n) is 10.2. The van der Waals surface area contributed by atoms with Crippen LogP contribution in [0.5, 0.6) is 0 Å². The van der Waals surface area contributed by atoms with E-state index in [-0.39, 0.29) is 0 Å². The number of thiol groups is 1. The third-order valence-corrected chi connectivity index (χ3v) is 10.2. The van der Waals surface area contributed by atoms with Gasteiger partial charge in [-0.05, 0) is 36.4 Å². The molecule has 0 saturated heterocycles. The summed E-state index contributed by atoms with van der Waals surface area (Å²) in [6, 6.07) is 42.5. The first-order chi connectivity index (χ1) is 15.3. The van der Waals surface area contributed by atoms with Crippen LogP contribution in [0.1, 0.15) is 0 Å². The van der Waals surface area contributed by atoms with E-state index < -0.39 is 7.26 Å². The van der Waals surface area contributed by atoms with Gasteiger partial charge in [0.05, 0.1) is 0 Å². The Hall–Kier alpha value is -3.13. The fourth-order valence-corrected chi connectivity index (χ4v) is 8.87. The average Bonchev–Trinajstić information content (AvgIpc) is 3.24. The van der Waals surface area contributed by atoms with E-state index in [1.165, 1.54) is 15.9 Å². The van der Waals surface area contributed by atoms with E-state index >= 15 is 0 Å². The predicted molar refractivity (Wildman–Crippen MR) is 136 cm³/mol. The molecule has 0 aliphatic rings. The molecule has 0 fully saturated rings. The fraction of sp³-hybridized carbons (Fsp3) is 0. The summed E-state index contributed by atoms with van der Waals surface area (Å²) in [4.78, 5) is 8.56. The van der Waals surface area contributed by atoms with Gasteiger partial charge < -0.3 is 4.98 Å². The van der Waals surface area contributed by atoms with Crippen LogP contribution in [0.25, 0.3) is 11.4 Å². The van der Waals surface area contributed by atoms with E-state index in [9.17, 15) is 0 Å². The van der Waals surface area contributed by atoms with E-state index in [2.05, 4.69) is 108 Å². The van der Waals surface area contributed by atoms with Crippen LogP contribution in [0.2, 0.25) is 0 Å². The van der Waals surface area contributed by atoms with Gasteiger partial charge in [-0.25, -0.2) is 4.98 Å². The van der Waals surface area contributed by atoms with Crippen molar-refractivity contribution in [3.05, 3.63) is 121 Å². The minimum Gasteiger partial charge on any atom is -0.307 e. The summed E-state index contributed by atoms with van der Waals surface area (Å²) < 4.78 is 0. The maximum Gasteiger partial charge on any atom is 0.210 e. The van der Waals surface area contributed by atoms with Gasteiger partial charge in [-0.3, -0.25) is 0 Å². The van der Waals surface area contributed by atoms with E-state index in [0.29, 0.717) is 0 Å². The molecule has 0 amide bonds. The van der Waals surface area contributed by atoms with Gasteiger partial charge in [0.15, 0.2) is 12.3 Å². The van der Waals surface area contributed by atoms with E-state index in [1.54, 1.807) is 0 Å². The van der Waals surface area contributed by atoms with Crippen LogP contribution in [0.4, 0.5) is 0 Å². The zero-order valence-corrected chi connectivity index (χ0v) is 18.7. The first kappa shape index (κ1) is 19.8. The number of hydrogen-bond acceptors (Lipinski definition) is 2. The Morgan fingerprint density at radius 3 is 1.35 bits per heavy atom. The topological polar surface area (TPSA) is 28.7 Å². The van der Waals surface area contributed by atoms with Crippen molar-refractivity contribution in [2.24, 2.45) is 0 Å². The molecule has 5 aromatic rings. The quantitative estimate of drug-likeness (QED) is 0.295. The van der Waals surface area contributed by atoms with Gasteiger partial charge in [0.25, 0.3) is 0 Å². The molecule has 5 rings (SSSR count). The smallest absolute Gasteiger partial charge is 0.210 e. The Morgan fingerprint density at radius 2 is 0.935 bits per heavy atom. The standard InChI is InChI=1S/C27H21N2PS/c31-27-26(28-25(29-27)21-13-5-1-6-14-21)30(22-15-7-2-8-16-22,23-17-9-3-10-18-23)24-19-11-4-12-20-24/h1-20H,(H-,28,29,31)/p+1. The molecule has 1 aromatic heterocycles. The molecule has 4 aromatic carbocycles. The Kier molecular flexibility index (Phi) is 5.46. The Bertz CT molecular complexity index is 1170. The highest BCUT2D eigenvalue weighted by Crippen LogP contribution is 2.55. The van der Waals surface area contributed by atoms with Crippen molar-refractivity contribution in [1.82, 2.24) is 9.97 Å². The maximum absolute atomic E-state index is 4.90. The molecule has 150 valence electrons. The molecule has 0 atom stereocenters. The molecule has 1 N–H and O–H groups in total. The molecule has 1 heterocycles. The third-order valence-electron chi connectivity index (χ3n) is 5.48. The van der Waals surface area contributed by atoms with Crippen molar-refractivity contribution < 1.29 is 0 Å². The highest BCUT2D eigenvalue weighted by molar-refractivity contribution is 8.02. The minimum absolute atomic E-state index is 0.740. The summed E-state index contributed by atoms with van der Waals surface area (Å²) in [6.45, 7) is 0. The van der Waals surface area contributed by atoms with Gasteiger partial charge in [-0.15, -0.1) is 12.6 Å². The van der Waals surface area contributed by atoms with Crippen LogP contribution in [-0.2, 0) is 0 Å². The summed E-state index contributed by atoms with van der Waals surface area (Å²) >= 11 is 4.90. The minimum atomic E-state index is -2.24. The number of aromatic amines is 1. The molecule has 2 nitrogen and oxygen atoms in total. The lowest BCUT2D eigenvalue weighted by Crippen LogP contribution is -2.39. The summed E-state index contributed by atoms with van der Waals surface area (Å²) in [5.41, 5.74) is 2.12. The SMILES string of the molecule is Sc1nc(-c2ccccc2)[nH]c1[P+](c1ccccc1)(c1ccccc1)c1ccccc1. The molecular formula is C27H22N2PS+. The second-order valence-corrected chi connectivity index (χ2v) is 11.1. The molecule has 0 aliphatic heterocycles. The monoisotopic (exact) mass is 437 g/mol. The van der Waals surface area contributed by atoms with Gasteiger partial charge in [-0.2, -0.15) is 0 Å². The van der Waals surface area contributed by atoms with Gasteiger partial charge in [-0.1, -0.05) is 84.9 Å².